The monoisotopic (exact) mass is 269 g/mol. The van der Waals surface area contributed by atoms with Gasteiger partial charge in [-0.2, -0.15) is 0 Å². The van der Waals surface area contributed by atoms with Gasteiger partial charge in [0.15, 0.2) is 0 Å². The number of hydrogen-bond acceptors (Lipinski definition) is 1. The average molecular weight is 269 g/mol. The van der Waals surface area contributed by atoms with Gasteiger partial charge in [-0.15, -0.1) is 0 Å². The molecule has 0 saturated heterocycles. The summed E-state index contributed by atoms with van der Waals surface area (Å²) in [6.45, 7) is 0. The highest BCUT2D eigenvalue weighted by Gasteiger charge is 2.22. The molecular weight excluding hydrogens is 254 g/mol. The molecule has 1 heterocycles. The van der Waals surface area contributed by atoms with E-state index in [0.717, 1.165) is 18.4 Å². The van der Waals surface area contributed by atoms with Crippen LogP contribution in [-0.2, 0) is 12.8 Å². The van der Waals surface area contributed by atoms with Crippen molar-refractivity contribution in [3.05, 3.63) is 64.7 Å². The summed E-state index contributed by atoms with van der Waals surface area (Å²) in [7, 11) is 0. The highest BCUT2D eigenvalue weighted by atomic mass is 14.7. The van der Waals surface area contributed by atoms with Gasteiger partial charge in [0.25, 0.3) is 0 Å². The zero-order valence-corrected chi connectivity index (χ0v) is 11.8. The SMILES string of the molecule is C1=Cc2c3c(nc4cccc1c24)-c1ccccc1CCC3. The highest BCUT2D eigenvalue weighted by molar-refractivity contribution is 6.05. The molecule has 0 aliphatic heterocycles. The van der Waals surface area contributed by atoms with Crippen LogP contribution in [-0.4, -0.2) is 4.98 Å². The Morgan fingerprint density at radius 3 is 2.81 bits per heavy atom. The summed E-state index contributed by atoms with van der Waals surface area (Å²) < 4.78 is 0. The number of rotatable bonds is 0. The van der Waals surface area contributed by atoms with Gasteiger partial charge in [0.1, 0.15) is 0 Å². The molecule has 0 radical (unpaired) electrons. The molecular formula is C20H15N. The molecule has 2 aliphatic carbocycles. The summed E-state index contributed by atoms with van der Waals surface area (Å²) in [5, 5.41) is 1.34. The van der Waals surface area contributed by atoms with Crippen LogP contribution in [0.15, 0.2) is 42.5 Å². The Balaban J connectivity index is 1.94. The summed E-state index contributed by atoms with van der Waals surface area (Å²) in [4.78, 5) is 5.04. The normalized spacial score (nSPS) is 14.9. The Morgan fingerprint density at radius 2 is 1.81 bits per heavy atom. The lowest BCUT2D eigenvalue weighted by atomic mass is 9.96. The second-order valence-corrected chi connectivity index (χ2v) is 5.94. The Morgan fingerprint density at radius 1 is 0.857 bits per heavy atom. The van der Waals surface area contributed by atoms with Gasteiger partial charge in [0, 0.05) is 10.9 Å². The van der Waals surface area contributed by atoms with Crippen LogP contribution in [0.2, 0.25) is 0 Å². The second-order valence-electron chi connectivity index (χ2n) is 5.94. The van der Waals surface area contributed by atoms with E-state index in [0.29, 0.717) is 0 Å². The topological polar surface area (TPSA) is 12.9 Å². The predicted octanol–water partition coefficient (Wildman–Crippen LogP) is 4.87. The van der Waals surface area contributed by atoms with Crippen LogP contribution in [0.3, 0.4) is 0 Å². The van der Waals surface area contributed by atoms with Crippen LogP contribution < -0.4 is 0 Å². The van der Waals surface area contributed by atoms with E-state index in [1.807, 2.05) is 0 Å². The molecule has 0 N–H and O–H groups in total. The summed E-state index contributed by atoms with van der Waals surface area (Å²) in [5.74, 6) is 0. The number of pyridine rings is 1. The summed E-state index contributed by atoms with van der Waals surface area (Å²) >= 11 is 0. The van der Waals surface area contributed by atoms with Crippen LogP contribution in [0.4, 0.5) is 0 Å². The van der Waals surface area contributed by atoms with E-state index in [1.54, 1.807) is 0 Å². The van der Waals surface area contributed by atoms with Crippen LogP contribution in [0.1, 0.15) is 28.7 Å². The zero-order valence-electron chi connectivity index (χ0n) is 11.8. The molecule has 2 aromatic carbocycles. The first kappa shape index (κ1) is 11.3. The third-order valence-electron chi connectivity index (χ3n) is 4.76. The molecule has 0 unspecified atom stereocenters. The van der Waals surface area contributed by atoms with E-state index < -0.39 is 0 Å². The molecule has 100 valence electrons. The molecule has 0 saturated carbocycles. The fourth-order valence-electron chi connectivity index (χ4n) is 3.81. The maximum Gasteiger partial charge on any atom is 0.0750 e. The van der Waals surface area contributed by atoms with Gasteiger partial charge in [0.2, 0.25) is 0 Å². The lowest BCUT2D eigenvalue weighted by Gasteiger charge is -2.13. The maximum atomic E-state index is 5.04. The number of aryl methyl sites for hydroxylation is 1. The fourth-order valence-corrected chi connectivity index (χ4v) is 3.81. The van der Waals surface area contributed by atoms with Crippen molar-refractivity contribution in [2.45, 2.75) is 19.3 Å². The molecule has 21 heavy (non-hydrogen) atoms. The molecule has 5 rings (SSSR count). The minimum absolute atomic E-state index is 1.13. The van der Waals surface area contributed by atoms with Crippen molar-refractivity contribution in [2.24, 2.45) is 0 Å². The van der Waals surface area contributed by atoms with Crippen molar-refractivity contribution in [1.82, 2.24) is 4.98 Å². The number of hydrogen-bond donors (Lipinski definition) is 0. The fraction of sp³-hybridized carbons (Fsp3) is 0.150. The Kier molecular flexibility index (Phi) is 2.17. The van der Waals surface area contributed by atoms with Crippen LogP contribution >= 0.6 is 0 Å². The van der Waals surface area contributed by atoms with E-state index in [-0.39, 0.29) is 0 Å². The summed E-state index contributed by atoms with van der Waals surface area (Å²) in [5.41, 5.74) is 9.26. The van der Waals surface area contributed by atoms with Crippen molar-refractivity contribution in [2.75, 3.05) is 0 Å². The number of benzene rings is 2. The molecule has 1 heteroatoms. The molecule has 3 aromatic rings. The third kappa shape index (κ3) is 1.49. The summed E-state index contributed by atoms with van der Waals surface area (Å²) in [6.07, 6.45) is 8.00. The van der Waals surface area contributed by atoms with Crippen molar-refractivity contribution in [3.63, 3.8) is 0 Å². The lowest BCUT2D eigenvalue weighted by molar-refractivity contribution is 0.833. The average Bonchev–Trinajstić information content (AvgIpc) is 2.87. The van der Waals surface area contributed by atoms with E-state index in [4.69, 9.17) is 4.98 Å². The smallest absolute Gasteiger partial charge is 0.0750 e. The molecule has 0 fully saturated rings. The first-order chi connectivity index (χ1) is 10.4. The molecule has 0 spiro atoms. The van der Waals surface area contributed by atoms with E-state index in [1.165, 1.54) is 45.3 Å². The van der Waals surface area contributed by atoms with Crippen molar-refractivity contribution in [1.29, 1.82) is 0 Å². The standard InChI is InChI=1S/C20H15N/c1-2-8-15-13(5-1)6-3-9-17-16-12-11-14-7-4-10-18(19(14)16)21-20(15)17/h1-2,4-5,7-8,10-12H,3,6,9H2. The van der Waals surface area contributed by atoms with Gasteiger partial charge >= 0.3 is 0 Å². The predicted molar refractivity (Wildman–Crippen MR) is 88.1 cm³/mol. The van der Waals surface area contributed by atoms with Crippen LogP contribution in [0.5, 0.6) is 0 Å². The quantitative estimate of drug-likeness (QED) is 0.443. The molecule has 0 amide bonds. The molecule has 2 aliphatic rings. The maximum absolute atomic E-state index is 5.04. The largest absolute Gasteiger partial charge is 0.247 e. The van der Waals surface area contributed by atoms with E-state index in [2.05, 4.69) is 54.6 Å². The van der Waals surface area contributed by atoms with E-state index in [9.17, 15) is 0 Å². The van der Waals surface area contributed by atoms with Crippen LogP contribution in [0.25, 0.3) is 34.3 Å². The molecule has 0 bridgehead atoms. The minimum atomic E-state index is 1.13. The minimum Gasteiger partial charge on any atom is -0.247 e. The molecule has 0 atom stereocenters. The van der Waals surface area contributed by atoms with Gasteiger partial charge in [0.05, 0.1) is 11.2 Å². The van der Waals surface area contributed by atoms with Crippen LogP contribution in [0, 0.1) is 0 Å². The number of fused-ring (bicyclic) bond motifs is 4. The Bertz CT molecular complexity index is 919. The van der Waals surface area contributed by atoms with E-state index >= 15 is 0 Å². The third-order valence-corrected chi connectivity index (χ3v) is 4.76. The summed E-state index contributed by atoms with van der Waals surface area (Å²) in [6, 6.07) is 15.2. The van der Waals surface area contributed by atoms with Gasteiger partial charge in [-0.25, -0.2) is 4.98 Å². The first-order valence-electron chi connectivity index (χ1n) is 7.64. The molecule has 1 aromatic heterocycles. The number of nitrogens with zero attached hydrogens (tertiary/aromatic N) is 1. The highest BCUT2D eigenvalue weighted by Crippen LogP contribution is 2.40. The number of aromatic nitrogens is 1. The Labute approximate surface area is 124 Å². The Hall–Kier alpha value is -2.41. The van der Waals surface area contributed by atoms with Gasteiger partial charge in [-0.3, -0.25) is 0 Å². The van der Waals surface area contributed by atoms with Gasteiger partial charge in [-0.05, 0) is 47.6 Å². The van der Waals surface area contributed by atoms with Crippen molar-refractivity contribution in [3.8, 4) is 11.3 Å². The molecule has 1 nitrogen and oxygen atoms in total. The van der Waals surface area contributed by atoms with Gasteiger partial charge < -0.3 is 0 Å². The lowest BCUT2D eigenvalue weighted by Crippen LogP contribution is -1.97. The zero-order chi connectivity index (χ0) is 13.8. The van der Waals surface area contributed by atoms with Crippen molar-refractivity contribution < 1.29 is 0 Å². The van der Waals surface area contributed by atoms with Gasteiger partial charge in [-0.1, -0.05) is 48.6 Å². The van der Waals surface area contributed by atoms with Crippen molar-refractivity contribution >= 4 is 23.1 Å². The first-order valence-corrected chi connectivity index (χ1v) is 7.64. The second kappa shape index (κ2) is 4.05.